The highest BCUT2D eigenvalue weighted by atomic mass is 16.6. The molecule has 0 aromatic heterocycles. The molecular formula is C40H72N4O11. The van der Waals surface area contributed by atoms with E-state index in [4.69, 9.17) is 25.4 Å². The SMILES string of the molecule is CC(C)(C)OC(=O)N[C@H](C(=O)O)C(C)(C)C.CCOC(=O)CN(CC1CC1)C(=O)[C@@H](NC(=O)OC(C)(C)C)C(C)(C)C.CCOC(=O)CNCC1CC1.[2H]C#C. The largest absolute Gasteiger partial charge is 0.480 e. The molecule has 15 nitrogen and oxygen atoms in total. The predicted molar refractivity (Wildman–Crippen MR) is 211 cm³/mol. The molecule has 318 valence electrons. The topological polar surface area (TPSA) is 199 Å². The summed E-state index contributed by atoms with van der Waals surface area (Å²) in [5.41, 5.74) is -2.40. The van der Waals surface area contributed by atoms with Crippen LogP contribution < -0.4 is 16.0 Å². The number of terminal acetylenes is 1. The van der Waals surface area contributed by atoms with Crippen molar-refractivity contribution in [2.75, 3.05) is 39.4 Å². The second-order valence-electron chi connectivity index (χ2n) is 17.6. The van der Waals surface area contributed by atoms with Crippen molar-refractivity contribution in [1.29, 1.82) is 0 Å². The fraction of sp³-hybridized carbons (Fsp3) is 0.800. The summed E-state index contributed by atoms with van der Waals surface area (Å²) in [6.07, 6.45) is 9.13. The van der Waals surface area contributed by atoms with Crippen LogP contribution in [-0.4, -0.2) is 109 Å². The molecule has 0 radical (unpaired) electrons. The van der Waals surface area contributed by atoms with Crippen molar-refractivity contribution in [1.82, 2.24) is 20.9 Å². The Morgan fingerprint density at radius 3 is 1.47 bits per heavy atom. The number of amides is 3. The first-order valence-corrected chi connectivity index (χ1v) is 18.9. The van der Waals surface area contributed by atoms with Crippen LogP contribution in [-0.2, 0) is 38.1 Å². The van der Waals surface area contributed by atoms with Crippen LogP contribution in [0, 0.1) is 35.5 Å². The van der Waals surface area contributed by atoms with E-state index >= 15 is 0 Å². The van der Waals surface area contributed by atoms with Crippen LogP contribution in [0.25, 0.3) is 0 Å². The van der Waals surface area contributed by atoms with Gasteiger partial charge in [-0.1, -0.05) is 41.5 Å². The molecule has 0 saturated heterocycles. The minimum atomic E-state index is -1.07. The van der Waals surface area contributed by atoms with Crippen LogP contribution in [0.3, 0.4) is 0 Å². The van der Waals surface area contributed by atoms with Crippen molar-refractivity contribution in [3.05, 3.63) is 0 Å². The van der Waals surface area contributed by atoms with Gasteiger partial charge in [0.05, 0.1) is 19.8 Å². The maximum absolute atomic E-state index is 13.1. The van der Waals surface area contributed by atoms with Gasteiger partial charge in [-0.3, -0.25) is 14.4 Å². The Balaban J connectivity index is 0. The van der Waals surface area contributed by atoms with E-state index in [0.717, 1.165) is 25.3 Å². The van der Waals surface area contributed by atoms with Gasteiger partial charge in [0, 0.05) is 6.54 Å². The van der Waals surface area contributed by atoms with Gasteiger partial charge in [0.2, 0.25) is 5.91 Å². The lowest BCUT2D eigenvalue weighted by Crippen LogP contribution is -2.56. The molecule has 0 aromatic carbocycles. The molecule has 2 atom stereocenters. The summed E-state index contributed by atoms with van der Waals surface area (Å²) in [6, 6.07) is -1.77. The zero-order chi connectivity index (χ0) is 44.1. The van der Waals surface area contributed by atoms with Crippen molar-refractivity contribution in [2.24, 2.45) is 22.7 Å². The van der Waals surface area contributed by atoms with E-state index in [0.29, 0.717) is 25.6 Å². The number of carbonyl (C=O) groups excluding carboxylic acids is 5. The third kappa shape index (κ3) is 28.1. The van der Waals surface area contributed by atoms with Crippen LogP contribution in [0.15, 0.2) is 0 Å². The number of carbonyl (C=O) groups is 6. The molecule has 55 heavy (non-hydrogen) atoms. The smallest absolute Gasteiger partial charge is 0.408 e. The molecule has 2 fully saturated rings. The Morgan fingerprint density at radius 1 is 0.727 bits per heavy atom. The van der Waals surface area contributed by atoms with Gasteiger partial charge in [0.25, 0.3) is 0 Å². The summed E-state index contributed by atoms with van der Waals surface area (Å²) in [4.78, 5) is 71.9. The normalized spacial score (nSPS) is 15.0. The van der Waals surface area contributed by atoms with Gasteiger partial charge in [-0.15, -0.1) is 12.8 Å². The average molecular weight is 786 g/mol. The number of carboxylic acids is 1. The maximum atomic E-state index is 13.1. The molecule has 0 aromatic rings. The Morgan fingerprint density at radius 2 is 1.13 bits per heavy atom. The molecule has 15 heteroatoms. The van der Waals surface area contributed by atoms with E-state index in [9.17, 15) is 28.8 Å². The van der Waals surface area contributed by atoms with Crippen molar-refractivity contribution in [3.8, 4) is 12.8 Å². The Labute approximate surface area is 331 Å². The third-order valence-electron chi connectivity index (χ3n) is 7.37. The zero-order valence-corrected chi connectivity index (χ0v) is 35.9. The highest BCUT2D eigenvalue weighted by Gasteiger charge is 2.39. The number of nitrogens with zero attached hydrogens (tertiary/aromatic N) is 1. The highest BCUT2D eigenvalue weighted by molar-refractivity contribution is 5.89. The summed E-state index contributed by atoms with van der Waals surface area (Å²) in [6.45, 7) is 27.3. The number of esters is 2. The van der Waals surface area contributed by atoms with Gasteiger partial charge in [-0.05, 0) is 110 Å². The predicted octanol–water partition coefficient (Wildman–Crippen LogP) is 5.54. The van der Waals surface area contributed by atoms with Crippen LogP contribution in [0.5, 0.6) is 0 Å². The minimum Gasteiger partial charge on any atom is -0.480 e. The second kappa shape index (κ2) is 24.5. The average Bonchev–Trinajstić information content (AvgIpc) is 3.94. The number of hydrogen-bond donors (Lipinski definition) is 4. The number of nitrogens with one attached hydrogen (secondary N) is 3. The van der Waals surface area contributed by atoms with Crippen molar-refractivity contribution < 1.29 is 54.2 Å². The number of rotatable bonds is 14. The quantitative estimate of drug-likeness (QED) is 0.0977. The number of hydrogen-bond acceptors (Lipinski definition) is 11. The van der Waals surface area contributed by atoms with Gasteiger partial charge >= 0.3 is 30.1 Å². The molecule has 0 heterocycles. The Hall–Kier alpha value is -4.06. The van der Waals surface area contributed by atoms with Crippen molar-refractivity contribution in [2.45, 2.75) is 146 Å². The fourth-order valence-corrected chi connectivity index (χ4v) is 4.45. The zero-order valence-electron chi connectivity index (χ0n) is 36.9. The van der Waals surface area contributed by atoms with Crippen LogP contribution in [0.2, 0.25) is 0 Å². The number of carboxylic acid groups (broad SMARTS) is 1. The van der Waals surface area contributed by atoms with E-state index in [-0.39, 0.29) is 25.0 Å². The van der Waals surface area contributed by atoms with Gasteiger partial charge in [0.15, 0.2) is 0 Å². The molecule has 0 bridgehead atoms. The summed E-state index contributed by atoms with van der Waals surface area (Å²) < 4.78 is 25.8. The molecule has 2 saturated carbocycles. The first kappa shape index (κ1) is 50.9. The lowest BCUT2D eigenvalue weighted by atomic mass is 9.85. The summed E-state index contributed by atoms with van der Waals surface area (Å²) in [7, 11) is 0. The molecule has 2 aliphatic carbocycles. The highest BCUT2D eigenvalue weighted by Crippen LogP contribution is 2.31. The molecule has 4 N–H and O–H groups in total. The second-order valence-corrected chi connectivity index (χ2v) is 17.6. The van der Waals surface area contributed by atoms with E-state index < -0.39 is 58.2 Å². The van der Waals surface area contributed by atoms with E-state index in [1.807, 2.05) is 27.7 Å². The number of aliphatic carboxylic acids is 1. The lowest BCUT2D eigenvalue weighted by molar-refractivity contribution is -0.150. The monoisotopic (exact) mass is 786 g/mol. The van der Waals surface area contributed by atoms with Gasteiger partial charge in [-0.2, -0.15) is 0 Å². The van der Waals surface area contributed by atoms with Crippen molar-refractivity contribution >= 4 is 36.0 Å². The fourth-order valence-electron chi connectivity index (χ4n) is 4.45. The molecule has 0 unspecified atom stereocenters. The van der Waals surface area contributed by atoms with Crippen LogP contribution >= 0.6 is 0 Å². The third-order valence-corrected chi connectivity index (χ3v) is 7.37. The van der Waals surface area contributed by atoms with Crippen LogP contribution in [0.1, 0.15) is 124 Å². The van der Waals surface area contributed by atoms with Gasteiger partial charge < -0.3 is 44.9 Å². The van der Waals surface area contributed by atoms with E-state index in [1.165, 1.54) is 24.1 Å². The summed E-state index contributed by atoms with van der Waals surface area (Å²) >= 11 is 0. The Bertz CT molecular complexity index is 1280. The first-order chi connectivity index (χ1) is 25.5. The maximum Gasteiger partial charge on any atom is 0.408 e. The van der Waals surface area contributed by atoms with Crippen molar-refractivity contribution in [3.63, 3.8) is 0 Å². The van der Waals surface area contributed by atoms with Gasteiger partial charge in [0.1, 0.15) is 31.2 Å². The van der Waals surface area contributed by atoms with E-state index in [2.05, 4.69) is 22.4 Å². The molecular weight excluding hydrogens is 712 g/mol. The molecule has 0 aliphatic heterocycles. The summed E-state index contributed by atoms with van der Waals surface area (Å²) in [5.74, 6) is -0.707. The molecule has 0 spiro atoms. The van der Waals surface area contributed by atoms with Crippen LogP contribution in [0.4, 0.5) is 9.59 Å². The lowest BCUT2D eigenvalue weighted by Gasteiger charge is -2.35. The number of ether oxygens (including phenoxy) is 4. The van der Waals surface area contributed by atoms with E-state index in [1.54, 1.807) is 69.2 Å². The number of alkyl carbamates (subject to hydrolysis) is 2. The standard InChI is InChI=1S/C19H34N2O5.C11H21NO4.C8H15NO2.C2H2/c1-8-25-14(22)12-21(11-13-9-10-13)16(23)15(18(2,3)4)20-17(24)26-19(5,6)7;1-10(2,3)7(8(13)14)12-9(15)16-11(4,5)6;1-2-11-8(10)6-9-5-7-3-4-7;1-2/h13,15H,8-12H2,1-7H3,(H,20,24);7H,1-6H3,(H,12,15)(H,13,14);7,9H,2-6H2,1H3;1-2H/t15-;7-;;/m11../s1/i;;;1D. The molecule has 3 amide bonds. The molecule has 2 aliphatic rings. The Kier molecular flexibility index (Phi) is 22.6. The van der Waals surface area contributed by atoms with Gasteiger partial charge in [-0.25, -0.2) is 14.4 Å². The first-order valence-electron chi connectivity index (χ1n) is 19.4. The minimum absolute atomic E-state index is 0.105. The molecule has 2 rings (SSSR count). The summed E-state index contributed by atoms with van der Waals surface area (Å²) in [5, 5.41) is 17.1.